The predicted molar refractivity (Wildman–Crippen MR) is 195 cm³/mol. The molecule has 0 N–H and O–H groups in total. The van der Waals surface area contributed by atoms with Gasteiger partial charge >= 0.3 is 0 Å². The molecule has 0 bridgehead atoms. The summed E-state index contributed by atoms with van der Waals surface area (Å²) in [4.78, 5) is 14.2. The smallest absolute Gasteiger partial charge is 0.220 e. The van der Waals surface area contributed by atoms with E-state index >= 15 is 0 Å². The monoisotopic (exact) mass is 614 g/mol. The zero-order valence-electron chi connectivity index (χ0n) is 26.6. The minimum atomic E-state index is 0.522. The minimum Gasteiger partial charge on any atom is -0.259 e. The molecule has 0 saturated carbocycles. The normalized spacial score (nSPS) is 10.7. The van der Waals surface area contributed by atoms with Crippen molar-refractivity contribution in [1.29, 1.82) is 5.26 Å². The average molecular weight is 615 g/mol. The largest absolute Gasteiger partial charge is 0.259 e. The fourth-order valence-corrected chi connectivity index (χ4v) is 5.96. The first-order valence-corrected chi connectivity index (χ1v) is 15.8. The maximum atomic E-state index is 10.4. The van der Waals surface area contributed by atoms with Crippen LogP contribution in [0.4, 0.5) is 5.69 Å². The van der Waals surface area contributed by atoms with Crippen LogP contribution in [-0.4, -0.2) is 9.97 Å². The summed E-state index contributed by atoms with van der Waals surface area (Å²) in [6, 6.07) is 50.9. The van der Waals surface area contributed by atoms with Crippen molar-refractivity contribution in [3.05, 3.63) is 174 Å². The molecule has 48 heavy (non-hydrogen) atoms. The van der Waals surface area contributed by atoms with Gasteiger partial charge in [0.2, 0.25) is 5.69 Å². The Morgan fingerprint density at radius 1 is 0.500 bits per heavy atom. The topological polar surface area (TPSA) is 53.9 Å². The van der Waals surface area contributed by atoms with E-state index in [2.05, 4.69) is 79.4 Å². The Bertz CT molecular complexity index is 2180. The Morgan fingerprint density at radius 2 is 0.958 bits per heavy atom. The molecule has 7 aromatic rings. The first kappa shape index (κ1) is 30.1. The van der Waals surface area contributed by atoms with E-state index in [-0.39, 0.29) is 0 Å². The van der Waals surface area contributed by atoms with Gasteiger partial charge in [-0.2, -0.15) is 5.26 Å². The third kappa shape index (κ3) is 5.87. The van der Waals surface area contributed by atoms with E-state index in [1.54, 1.807) is 0 Å². The third-order valence-electron chi connectivity index (χ3n) is 8.51. The maximum Gasteiger partial charge on any atom is 0.220 e. The van der Waals surface area contributed by atoms with Gasteiger partial charge in [0.15, 0.2) is 0 Å². The van der Waals surface area contributed by atoms with Gasteiger partial charge in [0.05, 0.1) is 34.9 Å². The summed E-state index contributed by atoms with van der Waals surface area (Å²) in [6.07, 6.45) is 0. The molecule has 7 rings (SSSR count). The van der Waals surface area contributed by atoms with Crippen molar-refractivity contribution in [2.24, 2.45) is 0 Å². The van der Waals surface area contributed by atoms with Gasteiger partial charge in [-0.1, -0.05) is 139 Å². The molecule has 0 amide bonds. The summed E-state index contributed by atoms with van der Waals surface area (Å²) < 4.78 is 0. The van der Waals surface area contributed by atoms with Crippen molar-refractivity contribution < 1.29 is 0 Å². The summed E-state index contributed by atoms with van der Waals surface area (Å²) in [7, 11) is 0. The molecule has 4 nitrogen and oxygen atoms in total. The molecule has 4 heteroatoms. The summed E-state index contributed by atoms with van der Waals surface area (Å²) >= 11 is 0. The Labute approximate surface area is 281 Å². The van der Waals surface area contributed by atoms with E-state index in [4.69, 9.17) is 16.5 Å². The standard InChI is InChI=1S/C44H30N4/c1-29-17-21-31(22-18-29)37-26-40(47-42(39(37)28-45)33-11-6-4-7-12-33)35-15-10-16-36(25-35)41-27-38(32-23-19-30(2)20-24-32)44(46-3)43(48-41)34-13-8-5-9-14-34/h4-27H,1-2H3. The van der Waals surface area contributed by atoms with E-state index in [0.29, 0.717) is 22.6 Å². The molecule has 0 spiro atoms. The second-order valence-corrected chi connectivity index (χ2v) is 11.8. The van der Waals surface area contributed by atoms with Gasteiger partial charge in [-0.15, -0.1) is 0 Å². The first-order valence-electron chi connectivity index (χ1n) is 15.8. The molecule has 2 aromatic heterocycles. The molecular weight excluding hydrogens is 585 g/mol. The number of aromatic nitrogens is 2. The summed E-state index contributed by atoms with van der Waals surface area (Å²) in [5.41, 5.74) is 13.3. The van der Waals surface area contributed by atoms with Crippen molar-refractivity contribution in [3.8, 4) is 73.4 Å². The van der Waals surface area contributed by atoms with Gasteiger partial charge < -0.3 is 0 Å². The van der Waals surface area contributed by atoms with Crippen LogP contribution < -0.4 is 0 Å². The summed E-state index contributed by atoms with van der Waals surface area (Å²) in [6.45, 7) is 12.3. The second kappa shape index (κ2) is 13.0. The van der Waals surface area contributed by atoms with Crippen LogP contribution in [0, 0.1) is 31.8 Å². The predicted octanol–water partition coefficient (Wildman–Crippen LogP) is 11.5. The molecule has 0 unspecified atom stereocenters. The molecule has 0 atom stereocenters. The van der Waals surface area contributed by atoms with Crippen molar-refractivity contribution in [1.82, 2.24) is 9.97 Å². The van der Waals surface area contributed by atoms with Crippen molar-refractivity contribution in [2.45, 2.75) is 13.8 Å². The average Bonchev–Trinajstić information content (AvgIpc) is 3.15. The lowest BCUT2D eigenvalue weighted by molar-refractivity contribution is 1.29. The lowest BCUT2D eigenvalue weighted by Gasteiger charge is -2.15. The number of nitriles is 1. The highest BCUT2D eigenvalue weighted by molar-refractivity contribution is 5.92. The molecule has 5 aromatic carbocycles. The van der Waals surface area contributed by atoms with Crippen LogP contribution >= 0.6 is 0 Å². The maximum absolute atomic E-state index is 10.4. The number of rotatable bonds is 6. The Balaban J connectivity index is 1.44. The molecule has 0 fully saturated rings. The molecule has 0 aliphatic carbocycles. The van der Waals surface area contributed by atoms with Crippen LogP contribution in [0.3, 0.4) is 0 Å². The highest BCUT2D eigenvalue weighted by Gasteiger charge is 2.19. The molecule has 0 aliphatic heterocycles. The number of hydrogen-bond donors (Lipinski definition) is 0. The van der Waals surface area contributed by atoms with Crippen molar-refractivity contribution >= 4 is 5.69 Å². The fourth-order valence-electron chi connectivity index (χ4n) is 5.96. The lowest BCUT2D eigenvalue weighted by atomic mass is 9.93. The van der Waals surface area contributed by atoms with Gasteiger partial charge in [-0.25, -0.2) is 9.83 Å². The summed E-state index contributed by atoms with van der Waals surface area (Å²) in [5, 5.41) is 10.4. The van der Waals surface area contributed by atoms with Crippen molar-refractivity contribution in [2.75, 3.05) is 0 Å². The molecule has 0 saturated heterocycles. The fraction of sp³-hybridized carbons (Fsp3) is 0.0455. The van der Waals surface area contributed by atoms with Gasteiger partial charge in [-0.05, 0) is 54.3 Å². The van der Waals surface area contributed by atoms with Crippen LogP contribution in [0.1, 0.15) is 16.7 Å². The van der Waals surface area contributed by atoms with Crippen LogP contribution in [0.5, 0.6) is 0 Å². The number of pyridine rings is 2. The lowest BCUT2D eigenvalue weighted by Crippen LogP contribution is -1.97. The van der Waals surface area contributed by atoms with Gasteiger partial charge in [0.1, 0.15) is 6.07 Å². The SMILES string of the molecule is [C-]#[N+]c1c(-c2ccc(C)cc2)cc(-c2cccc(-c3cc(-c4ccc(C)cc4)c(C#N)c(-c4ccccc4)n3)c2)nc1-c1ccccc1. The highest BCUT2D eigenvalue weighted by atomic mass is 14.8. The molecule has 0 aliphatic rings. The van der Waals surface area contributed by atoms with E-state index in [1.165, 1.54) is 0 Å². The van der Waals surface area contributed by atoms with Gasteiger partial charge in [0.25, 0.3) is 0 Å². The summed E-state index contributed by atoms with van der Waals surface area (Å²) in [5.74, 6) is 0. The second-order valence-electron chi connectivity index (χ2n) is 11.8. The molecule has 2 heterocycles. The number of aryl methyl sites for hydroxylation is 2. The van der Waals surface area contributed by atoms with Crippen LogP contribution in [0.2, 0.25) is 0 Å². The first-order chi connectivity index (χ1) is 23.5. The number of nitrogens with zero attached hydrogens (tertiary/aromatic N) is 4. The van der Waals surface area contributed by atoms with E-state index in [9.17, 15) is 5.26 Å². The van der Waals surface area contributed by atoms with Gasteiger partial charge in [0, 0.05) is 22.3 Å². The molecule has 0 radical (unpaired) electrons. The van der Waals surface area contributed by atoms with Crippen LogP contribution in [-0.2, 0) is 0 Å². The highest BCUT2D eigenvalue weighted by Crippen LogP contribution is 2.42. The van der Waals surface area contributed by atoms with E-state index < -0.39 is 0 Å². The van der Waals surface area contributed by atoms with E-state index in [1.807, 2.05) is 91.0 Å². The van der Waals surface area contributed by atoms with Gasteiger partial charge in [-0.3, -0.25) is 4.98 Å². The molecule has 226 valence electrons. The third-order valence-corrected chi connectivity index (χ3v) is 8.51. The van der Waals surface area contributed by atoms with Crippen LogP contribution in [0.15, 0.2) is 146 Å². The zero-order valence-corrected chi connectivity index (χ0v) is 26.6. The molecular formula is C44H30N4. The minimum absolute atomic E-state index is 0.522. The van der Waals surface area contributed by atoms with Crippen LogP contribution in [0.25, 0.3) is 72.1 Å². The number of benzene rings is 5. The number of hydrogen-bond acceptors (Lipinski definition) is 3. The van der Waals surface area contributed by atoms with E-state index in [0.717, 1.165) is 67.0 Å². The van der Waals surface area contributed by atoms with Crippen molar-refractivity contribution in [3.63, 3.8) is 0 Å². The zero-order chi connectivity index (χ0) is 33.0. The Hall–Kier alpha value is -6.62. The Morgan fingerprint density at radius 3 is 1.48 bits per heavy atom. The quantitative estimate of drug-likeness (QED) is 0.175. The Kier molecular flexibility index (Phi) is 8.15.